The smallest absolute Gasteiger partial charge is 0.306 e. The van der Waals surface area contributed by atoms with Gasteiger partial charge in [0.15, 0.2) is 0 Å². The highest BCUT2D eigenvalue weighted by Gasteiger charge is 2.21. The Kier molecular flexibility index (Phi) is 6.93. The zero-order valence-corrected chi connectivity index (χ0v) is 9.73. The summed E-state index contributed by atoms with van der Waals surface area (Å²) in [4.78, 5) is 11.2. The Morgan fingerprint density at radius 1 is 1.57 bits per heavy atom. The van der Waals surface area contributed by atoms with Crippen LogP contribution in [0.5, 0.6) is 0 Å². The summed E-state index contributed by atoms with van der Waals surface area (Å²) in [5.74, 6) is 0.483. The molecule has 0 aromatic heterocycles. The zero-order valence-electron chi connectivity index (χ0n) is 8.91. The molecule has 14 heavy (non-hydrogen) atoms. The molecule has 0 aliphatic carbocycles. The second-order valence-corrected chi connectivity index (χ2v) is 3.75. The second-order valence-electron chi connectivity index (χ2n) is 3.75. The third-order valence-corrected chi connectivity index (χ3v) is 2.49. The topological polar surface area (TPSA) is 38.3 Å². The molecule has 1 aliphatic rings. The van der Waals surface area contributed by atoms with E-state index in [1.54, 1.807) is 0 Å². The van der Waals surface area contributed by atoms with Crippen LogP contribution in [0, 0.1) is 5.92 Å². The van der Waals surface area contributed by atoms with Gasteiger partial charge in [-0.3, -0.25) is 4.79 Å². The Bertz CT molecular complexity index is 176. The first kappa shape index (κ1) is 13.7. The van der Waals surface area contributed by atoms with Gasteiger partial charge in [0.25, 0.3) is 0 Å². The second kappa shape index (κ2) is 7.07. The fourth-order valence-corrected chi connectivity index (χ4v) is 1.88. The third-order valence-electron chi connectivity index (χ3n) is 2.49. The minimum atomic E-state index is -0.0402. The van der Waals surface area contributed by atoms with Crippen LogP contribution >= 0.6 is 12.4 Å². The molecule has 1 aliphatic heterocycles. The fourth-order valence-electron chi connectivity index (χ4n) is 1.88. The van der Waals surface area contributed by atoms with Crippen molar-refractivity contribution >= 4 is 18.4 Å². The van der Waals surface area contributed by atoms with Crippen molar-refractivity contribution in [3.05, 3.63) is 0 Å². The van der Waals surface area contributed by atoms with Crippen LogP contribution in [0.15, 0.2) is 0 Å². The van der Waals surface area contributed by atoms with E-state index in [0.29, 0.717) is 25.0 Å². The lowest BCUT2D eigenvalue weighted by Gasteiger charge is -2.27. The number of nitrogens with one attached hydrogen (secondary N) is 1. The van der Waals surface area contributed by atoms with Gasteiger partial charge in [0, 0.05) is 12.5 Å². The molecule has 0 spiro atoms. The number of hydrogen-bond acceptors (Lipinski definition) is 3. The van der Waals surface area contributed by atoms with Crippen LogP contribution in [0.4, 0.5) is 0 Å². The summed E-state index contributed by atoms with van der Waals surface area (Å²) < 4.78 is 4.92. The molecule has 0 radical (unpaired) electrons. The minimum absolute atomic E-state index is 0. The number of piperidine rings is 1. The van der Waals surface area contributed by atoms with Gasteiger partial charge in [0.2, 0.25) is 0 Å². The van der Waals surface area contributed by atoms with Crippen molar-refractivity contribution in [3.63, 3.8) is 0 Å². The first-order valence-corrected chi connectivity index (χ1v) is 5.11. The molecule has 0 aromatic carbocycles. The van der Waals surface area contributed by atoms with Crippen molar-refractivity contribution in [1.82, 2.24) is 5.32 Å². The molecule has 4 heteroatoms. The predicted molar refractivity (Wildman–Crippen MR) is 58.7 cm³/mol. The van der Waals surface area contributed by atoms with Crippen LogP contribution in [0.2, 0.25) is 0 Å². The summed E-state index contributed by atoms with van der Waals surface area (Å²) in [6.45, 7) is 5.55. The van der Waals surface area contributed by atoms with Crippen LogP contribution in [0.3, 0.4) is 0 Å². The van der Waals surface area contributed by atoms with Gasteiger partial charge >= 0.3 is 5.97 Å². The molecular weight excluding hydrogens is 202 g/mol. The number of rotatable bonds is 3. The molecule has 1 fully saturated rings. The standard InChI is InChI=1S/C10H19NO2.ClH/c1-3-13-10(12)7-9-4-5-11-8(2)6-9;/h8-9,11H,3-7H2,1-2H3;1H/t8-,9-;/m1./s1. The van der Waals surface area contributed by atoms with E-state index >= 15 is 0 Å². The van der Waals surface area contributed by atoms with Crippen LogP contribution in [-0.2, 0) is 9.53 Å². The molecule has 1 saturated heterocycles. The van der Waals surface area contributed by atoms with Gasteiger partial charge in [0.05, 0.1) is 6.61 Å². The number of ether oxygens (including phenoxy) is 1. The van der Waals surface area contributed by atoms with E-state index in [4.69, 9.17) is 4.74 Å². The van der Waals surface area contributed by atoms with Crippen molar-refractivity contribution in [2.24, 2.45) is 5.92 Å². The first-order valence-electron chi connectivity index (χ1n) is 5.11. The van der Waals surface area contributed by atoms with Crippen molar-refractivity contribution in [2.75, 3.05) is 13.2 Å². The molecule has 0 aromatic rings. The highest BCUT2D eigenvalue weighted by Crippen LogP contribution is 2.19. The molecule has 1 N–H and O–H groups in total. The highest BCUT2D eigenvalue weighted by molar-refractivity contribution is 5.85. The van der Waals surface area contributed by atoms with Crippen molar-refractivity contribution in [3.8, 4) is 0 Å². The quantitative estimate of drug-likeness (QED) is 0.738. The van der Waals surface area contributed by atoms with Crippen molar-refractivity contribution in [1.29, 1.82) is 0 Å². The molecule has 0 amide bonds. The van der Waals surface area contributed by atoms with Crippen LogP contribution in [0.1, 0.15) is 33.1 Å². The van der Waals surface area contributed by atoms with Gasteiger partial charge in [-0.1, -0.05) is 0 Å². The summed E-state index contributed by atoms with van der Waals surface area (Å²) in [6.07, 6.45) is 2.79. The predicted octanol–water partition coefficient (Wildman–Crippen LogP) is 1.75. The molecule has 0 bridgehead atoms. The molecule has 84 valence electrons. The average molecular weight is 222 g/mol. The summed E-state index contributed by atoms with van der Waals surface area (Å²) in [7, 11) is 0. The van der Waals surface area contributed by atoms with Gasteiger partial charge in [-0.15, -0.1) is 12.4 Å². The van der Waals surface area contributed by atoms with E-state index in [-0.39, 0.29) is 18.4 Å². The molecule has 0 unspecified atom stereocenters. The lowest BCUT2D eigenvalue weighted by Crippen LogP contribution is -2.36. The Labute approximate surface area is 92.0 Å². The van der Waals surface area contributed by atoms with Gasteiger partial charge in [-0.2, -0.15) is 0 Å². The average Bonchev–Trinajstić information content (AvgIpc) is 2.04. The number of halogens is 1. The normalized spacial score (nSPS) is 26.4. The molecule has 1 heterocycles. The molecule has 3 nitrogen and oxygen atoms in total. The van der Waals surface area contributed by atoms with Crippen LogP contribution in [-0.4, -0.2) is 25.2 Å². The van der Waals surface area contributed by atoms with Crippen molar-refractivity contribution < 1.29 is 9.53 Å². The van der Waals surface area contributed by atoms with E-state index in [0.717, 1.165) is 19.4 Å². The number of esters is 1. The lowest BCUT2D eigenvalue weighted by molar-refractivity contribution is -0.144. The summed E-state index contributed by atoms with van der Waals surface area (Å²) >= 11 is 0. The lowest BCUT2D eigenvalue weighted by atomic mass is 9.90. The summed E-state index contributed by atoms with van der Waals surface area (Å²) in [5.41, 5.74) is 0. The highest BCUT2D eigenvalue weighted by atomic mass is 35.5. The van der Waals surface area contributed by atoms with E-state index in [1.165, 1.54) is 0 Å². The Balaban J connectivity index is 0.00000169. The van der Waals surface area contributed by atoms with Crippen molar-refractivity contribution in [2.45, 2.75) is 39.2 Å². The number of carbonyl (C=O) groups is 1. The zero-order chi connectivity index (χ0) is 9.68. The van der Waals surface area contributed by atoms with Crippen LogP contribution in [0.25, 0.3) is 0 Å². The largest absolute Gasteiger partial charge is 0.466 e. The molecule has 1 rings (SSSR count). The Morgan fingerprint density at radius 2 is 2.29 bits per heavy atom. The van der Waals surface area contributed by atoms with Gasteiger partial charge in [-0.05, 0) is 39.2 Å². The SMILES string of the molecule is CCOC(=O)C[C@@H]1CCN[C@H](C)C1.Cl. The van der Waals surface area contributed by atoms with E-state index in [9.17, 15) is 4.79 Å². The maximum atomic E-state index is 11.2. The first-order chi connectivity index (χ1) is 6.22. The molecule has 0 saturated carbocycles. The summed E-state index contributed by atoms with van der Waals surface area (Å²) in [5, 5.41) is 3.37. The van der Waals surface area contributed by atoms with E-state index < -0.39 is 0 Å². The fraction of sp³-hybridized carbons (Fsp3) is 0.900. The van der Waals surface area contributed by atoms with Crippen LogP contribution < -0.4 is 5.32 Å². The van der Waals surface area contributed by atoms with E-state index in [2.05, 4.69) is 12.2 Å². The number of hydrogen-bond donors (Lipinski definition) is 1. The Hall–Kier alpha value is -0.280. The monoisotopic (exact) mass is 221 g/mol. The Morgan fingerprint density at radius 3 is 2.86 bits per heavy atom. The van der Waals surface area contributed by atoms with E-state index in [1.807, 2.05) is 6.92 Å². The van der Waals surface area contributed by atoms with Gasteiger partial charge in [-0.25, -0.2) is 0 Å². The maximum Gasteiger partial charge on any atom is 0.306 e. The minimum Gasteiger partial charge on any atom is -0.466 e. The summed E-state index contributed by atoms with van der Waals surface area (Å²) in [6, 6.07) is 0.549. The maximum absolute atomic E-state index is 11.2. The molecule has 2 atom stereocenters. The van der Waals surface area contributed by atoms with Gasteiger partial charge < -0.3 is 10.1 Å². The van der Waals surface area contributed by atoms with Gasteiger partial charge in [0.1, 0.15) is 0 Å². The number of carbonyl (C=O) groups excluding carboxylic acids is 1. The molecular formula is C10H20ClNO2. The third kappa shape index (κ3) is 4.82.